The standard InChI is InChI=1S/C10H14BrN3O2S/c11-8-4-10(7-13-5-8)17(15,16)14-9-2-1-3-12-6-9/h4-5,7,9,12,14H,1-3,6H2/t9-/m1/s1. The van der Waals surface area contributed by atoms with E-state index < -0.39 is 10.0 Å². The van der Waals surface area contributed by atoms with Gasteiger partial charge in [-0.2, -0.15) is 0 Å². The maximum absolute atomic E-state index is 12.1. The predicted octanol–water partition coefficient (Wildman–Crippen LogP) is 0.874. The van der Waals surface area contributed by atoms with Crippen LogP contribution in [0.4, 0.5) is 0 Å². The van der Waals surface area contributed by atoms with Crippen LogP contribution >= 0.6 is 15.9 Å². The molecule has 1 aliphatic heterocycles. The monoisotopic (exact) mass is 319 g/mol. The first-order valence-electron chi connectivity index (χ1n) is 5.41. The molecule has 2 heterocycles. The van der Waals surface area contributed by atoms with Gasteiger partial charge in [-0.15, -0.1) is 0 Å². The van der Waals surface area contributed by atoms with Crippen LogP contribution in [0.15, 0.2) is 27.8 Å². The molecule has 1 atom stereocenters. The van der Waals surface area contributed by atoms with E-state index in [-0.39, 0.29) is 10.9 Å². The maximum Gasteiger partial charge on any atom is 0.242 e. The number of nitrogens with zero attached hydrogens (tertiary/aromatic N) is 1. The van der Waals surface area contributed by atoms with Crippen molar-refractivity contribution in [3.63, 3.8) is 0 Å². The fourth-order valence-electron chi connectivity index (χ4n) is 1.78. The van der Waals surface area contributed by atoms with Crippen molar-refractivity contribution >= 4 is 26.0 Å². The topological polar surface area (TPSA) is 71.1 Å². The van der Waals surface area contributed by atoms with Crippen LogP contribution in [-0.2, 0) is 10.0 Å². The summed E-state index contributed by atoms with van der Waals surface area (Å²) in [6.07, 6.45) is 4.77. The van der Waals surface area contributed by atoms with Gasteiger partial charge in [0.15, 0.2) is 0 Å². The lowest BCUT2D eigenvalue weighted by Gasteiger charge is -2.23. The highest BCUT2D eigenvalue weighted by Gasteiger charge is 2.21. The third-order valence-electron chi connectivity index (χ3n) is 2.61. The van der Waals surface area contributed by atoms with E-state index in [1.54, 1.807) is 12.3 Å². The Morgan fingerprint density at radius 1 is 1.47 bits per heavy atom. The number of sulfonamides is 1. The second-order valence-electron chi connectivity index (χ2n) is 4.00. The Hall–Kier alpha value is -0.500. The Bertz CT molecular complexity index is 486. The second-order valence-corrected chi connectivity index (χ2v) is 6.63. The third-order valence-corrected chi connectivity index (χ3v) is 4.53. The van der Waals surface area contributed by atoms with Gasteiger partial charge in [-0.1, -0.05) is 0 Å². The van der Waals surface area contributed by atoms with Crippen LogP contribution in [0, 0.1) is 0 Å². The number of rotatable bonds is 3. The van der Waals surface area contributed by atoms with Gasteiger partial charge >= 0.3 is 0 Å². The van der Waals surface area contributed by atoms with Crippen molar-refractivity contribution < 1.29 is 8.42 Å². The molecule has 0 unspecified atom stereocenters. The van der Waals surface area contributed by atoms with Gasteiger partial charge in [0.2, 0.25) is 10.0 Å². The van der Waals surface area contributed by atoms with Gasteiger partial charge in [-0.05, 0) is 41.4 Å². The zero-order valence-electron chi connectivity index (χ0n) is 9.19. The molecule has 94 valence electrons. The zero-order chi connectivity index (χ0) is 12.3. The summed E-state index contributed by atoms with van der Waals surface area (Å²) in [5.74, 6) is 0. The molecule has 0 radical (unpaired) electrons. The SMILES string of the molecule is O=S(=O)(N[C@@H]1CCCNC1)c1cncc(Br)c1. The van der Waals surface area contributed by atoms with E-state index in [2.05, 4.69) is 31.0 Å². The molecule has 0 bridgehead atoms. The minimum atomic E-state index is -3.46. The van der Waals surface area contributed by atoms with Crippen LogP contribution in [0.25, 0.3) is 0 Å². The highest BCUT2D eigenvalue weighted by Crippen LogP contribution is 2.15. The summed E-state index contributed by atoms with van der Waals surface area (Å²) >= 11 is 3.21. The fourth-order valence-corrected chi connectivity index (χ4v) is 3.55. The van der Waals surface area contributed by atoms with Crippen molar-refractivity contribution in [3.05, 3.63) is 22.9 Å². The van der Waals surface area contributed by atoms with Gasteiger partial charge in [0.05, 0.1) is 0 Å². The van der Waals surface area contributed by atoms with Crippen molar-refractivity contribution in [2.45, 2.75) is 23.8 Å². The molecule has 0 aromatic carbocycles. The highest BCUT2D eigenvalue weighted by atomic mass is 79.9. The number of halogens is 1. The van der Waals surface area contributed by atoms with Gasteiger partial charge < -0.3 is 5.32 Å². The van der Waals surface area contributed by atoms with E-state index in [0.717, 1.165) is 19.4 Å². The van der Waals surface area contributed by atoms with Crippen molar-refractivity contribution in [1.82, 2.24) is 15.0 Å². The number of aromatic nitrogens is 1. The van der Waals surface area contributed by atoms with Crippen molar-refractivity contribution in [2.24, 2.45) is 0 Å². The van der Waals surface area contributed by atoms with Gasteiger partial charge in [-0.25, -0.2) is 13.1 Å². The molecule has 1 aliphatic rings. The molecule has 1 fully saturated rings. The number of hydrogen-bond acceptors (Lipinski definition) is 4. The van der Waals surface area contributed by atoms with E-state index in [4.69, 9.17) is 0 Å². The highest BCUT2D eigenvalue weighted by molar-refractivity contribution is 9.10. The number of pyridine rings is 1. The second kappa shape index (κ2) is 5.43. The Labute approximate surface area is 109 Å². The minimum absolute atomic E-state index is 0.0345. The largest absolute Gasteiger partial charge is 0.315 e. The average molecular weight is 320 g/mol. The van der Waals surface area contributed by atoms with Gasteiger partial charge in [0, 0.05) is 29.5 Å². The number of hydrogen-bond donors (Lipinski definition) is 2. The molecule has 1 aromatic rings. The summed E-state index contributed by atoms with van der Waals surface area (Å²) in [7, 11) is -3.46. The molecule has 0 amide bonds. The van der Waals surface area contributed by atoms with E-state index in [9.17, 15) is 8.42 Å². The molecular formula is C10H14BrN3O2S. The first-order valence-corrected chi connectivity index (χ1v) is 7.69. The molecule has 1 saturated heterocycles. The van der Waals surface area contributed by atoms with E-state index in [0.29, 0.717) is 11.0 Å². The third kappa shape index (κ3) is 3.48. The van der Waals surface area contributed by atoms with Crippen LogP contribution in [0.1, 0.15) is 12.8 Å². The summed E-state index contributed by atoms with van der Waals surface area (Å²) in [6, 6.07) is 1.51. The van der Waals surface area contributed by atoms with Gasteiger partial charge in [-0.3, -0.25) is 4.98 Å². The molecule has 1 aromatic heterocycles. The predicted molar refractivity (Wildman–Crippen MR) is 68.2 cm³/mol. The molecule has 17 heavy (non-hydrogen) atoms. The molecular weight excluding hydrogens is 306 g/mol. The van der Waals surface area contributed by atoms with E-state index in [1.807, 2.05) is 0 Å². The van der Waals surface area contributed by atoms with Crippen molar-refractivity contribution in [1.29, 1.82) is 0 Å². The first kappa shape index (κ1) is 12.9. The van der Waals surface area contributed by atoms with Crippen LogP contribution in [0.5, 0.6) is 0 Å². The number of piperidine rings is 1. The van der Waals surface area contributed by atoms with Crippen LogP contribution in [-0.4, -0.2) is 32.5 Å². The Kier molecular flexibility index (Phi) is 4.13. The quantitative estimate of drug-likeness (QED) is 0.867. The molecule has 0 aliphatic carbocycles. The van der Waals surface area contributed by atoms with E-state index >= 15 is 0 Å². The molecule has 7 heteroatoms. The summed E-state index contributed by atoms with van der Waals surface area (Å²) in [5.41, 5.74) is 0. The molecule has 5 nitrogen and oxygen atoms in total. The Balaban J connectivity index is 2.13. The Morgan fingerprint density at radius 2 is 2.29 bits per heavy atom. The van der Waals surface area contributed by atoms with Crippen LogP contribution in [0.3, 0.4) is 0 Å². The summed E-state index contributed by atoms with van der Waals surface area (Å²) in [4.78, 5) is 4.05. The van der Waals surface area contributed by atoms with Gasteiger partial charge in [0.25, 0.3) is 0 Å². The van der Waals surface area contributed by atoms with Crippen LogP contribution in [0.2, 0.25) is 0 Å². The fraction of sp³-hybridized carbons (Fsp3) is 0.500. The lowest BCUT2D eigenvalue weighted by atomic mass is 10.1. The van der Waals surface area contributed by atoms with Crippen LogP contribution < -0.4 is 10.0 Å². The van der Waals surface area contributed by atoms with E-state index in [1.165, 1.54) is 6.20 Å². The molecule has 2 N–H and O–H groups in total. The lowest BCUT2D eigenvalue weighted by molar-refractivity contribution is 0.428. The lowest BCUT2D eigenvalue weighted by Crippen LogP contribution is -2.45. The van der Waals surface area contributed by atoms with Crippen molar-refractivity contribution in [2.75, 3.05) is 13.1 Å². The summed E-state index contributed by atoms with van der Waals surface area (Å²) in [6.45, 7) is 1.64. The minimum Gasteiger partial charge on any atom is -0.315 e. The first-order chi connectivity index (χ1) is 8.08. The average Bonchev–Trinajstić information content (AvgIpc) is 2.30. The summed E-state index contributed by atoms with van der Waals surface area (Å²) in [5, 5.41) is 3.17. The smallest absolute Gasteiger partial charge is 0.242 e. The number of nitrogens with one attached hydrogen (secondary N) is 2. The normalized spacial score (nSPS) is 21.4. The van der Waals surface area contributed by atoms with Crippen molar-refractivity contribution in [3.8, 4) is 0 Å². The Morgan fingerprint density at radius 3 is 2.94 bits per heavy atom. The summed E-state index contributed by atoms with van der Waals surface area (Å²) < 4.78 is 27.4. The maximum atomic E-state index is 12.1. The molecule has 0 spiro atoms. The zero-order valence-corrected chi connectivity index (χ0v) is 11.6. The molecule has 0 saturated carbocycles. The van der Waals surface area contributed by atoms with Gasteiger partial charge in [0.1, 0.15) is 4.90 Å². The molecule has 2 rings (SSSR count).